The number of anilines is 2. The van der Waals surface area contributed by atoms with Gasteiger partial charge >= 0.3 is 0 Å². The zero-order chi connectivity index (χ0) is 17.7. The van der Waals surface area contributed by atoms with E-state index in [2.05, 4.69) is 10.6 Å². The van der Waals surface area contributed by atoms with Gasteiger partial charge in [0.1, 0.15) is 5.75 Å². The van der Waals surface area contributed by atoms with Gasteiger partial charge in [0.05, 0.1) is 10.7 Å². The van der Waals surface area contributed by atoms with E-state index in [4.69, 9.17) is 27.9 Å². The van der Waals surface area contributed by atoms with Crippen molar-refractivity contribution in [2.24, 2.45) is 0 Å². The highest BCUT2D eigenvalue weighted by Gasteiger charge is 2.16. The van der Waals surface area contributed by atoms with Crippen molar-refractivity contribution in [2.75, 3.05) is 10.6 Å². The van der Waals surface area contributed by atoms with Crippen LogP contribution in [0.3, 0.4) is 0 Å². The van der Waals surface area contributed by atoms with Crippen molar-refractivity contribution in [1.29, 1.82) is 0 Å². The van der Waals surface area contributed by atoms with Crippen molar-refractivity contribution in [3.8, 4) is 5.75 Å². The van der Waals surface area contributed by atoms with E-state index < -0.39 is 6.10 Å². The van der Waals surface area contributed by atoms with Crippen LogP contribution in [0.4, 0.5) is 11.4 Å². The maximum atomic E-state index is 12.2. The lowest BCUT2D eigenvalue weighted by Crippen LogP contribution is -2.30. The molecule has 126 valence electrons. The predicted molar refractivity (Wildman–Crippen MR) is 95.9 cm³/mol. The first-order chi connectivity index (χ1) is 11.3. The Kier molecular flexibility index (Phi) is 6.06. The van der Waals surface area contributed by atoms with E-state index in [0.717, 1.165) is 0 Å². The Morgan fingerprint density at radius 2 is 1.71 bits per heavy atom. The van der Waals surface area contributed by atoms with E-state index in [1.165, 1.54) is 6.92 Å². The largest absolute Gasteiger partial charge is 0.481 e. The fourth-order valence-electron chi connectivity index (χ4n) is 1.91. The van der Waals surface area contributed by atoms with Gasteiger partial charge < -0.3 is 15.4 Å². The summed E-state index contributed by atoms with van der Waals surface area (Å²) < 4.78 is 5.58. The van der Waals surface area contributed by atoms with E-state index >= 15 is 0 Å². The summed E-state index contributed by atoms with van der Waals surface area (Å²) in [5.74, 6) is -0.0103. The van der Waals surface area contributed by atoms with Crippen molar-refractivity contribution in [2.45, 2.75) is 20.0 Å². The van der Waals surface area contributed by atoms with Gasteiger partial charge in [0, 0.05) is 17.6 Å². The highest BCUT2D eigenvalue weighted by Crippen LogP contribution is 2.26. The first-order valence-corrected chi connectivity index (χ1v) is 7.91. The molecule has 0 unspecified atom stereocenters. The molecule has 0 aromatic heterocycles. The van der Waals surface area contributed by atoms with Gasteiger partial charge in [-0.3, -0.25) is 9.59 Å². The quantitative estimate of drug-likeness (QED) is 0.825. The minimum Gasteiger partial charge on any atom is -0.481 e. The Bertz CT molecular complexity index is 748. The van der Waals surface area contributed by atoms with Crippen molar-refractivity contribution in [1.82, 2.24) is 0 Å². The fraction of sp³-hybridized carbons (Fsp3) is 0.176. The third kappa shape index (κ3) is 5.15. The summed E-state index contributed by atoms with van der Waals surface area (Å²) in [4.78, 5) is 23.2. The summed E-state index contributed by atoms with van der Waals surface area (Å²) in [5.41, 5.74) is 1.07. The standard InChI is InChI=1S/C17H16Cl2N2O3/c1-10(17(23)21-16-9-12(18)3-8-15(16)19)24-14-6-4-13(5-7-14)20-11(2)22/h3-10H,1-2H3,(H,20,22)(H,21,23)/t10-/m1/s1. The Hall–Kier alpha value is -2.24. The SMILES string of the molecule is CC(=O)Nc1ccc(O[C@H](C)C(=O)Nc2cc(Cl)ccc2Cl)cc1. The summed E-state index contributed by atoms with van der Waals surface area (Å²) >= 11 is 11.9. The van der Waals surface area contributed by atoms with E-state index in [1.807, 2.05) is 0 Å². The molecule has 0 saturated carbocycles. The predicted octanol–water partition coefficient (Wildman–Crippen LogP) is 4.36. The molecule has 2 amide bonds. The first kappa shape index (κ1) is 18.1. The molecule has 5 nitrogen and oxygen atoms in total. The number of carbonyl (C=O) groups excluding carboxylic acids is 2. The molecule has 0 fully saturated rings. The molecule has 0 aliphatic heterocycles. The lowest BCUT2D eigenvalue weighted by atomic mass is 10.2. The van der Waals surface area contributed by atoms with E-state index in [9.17, 15) is 9.59 Å². The van der Waals surface area contributed by atoms with Gasteiger partial charge in [-0.05, 0) is 49.4 Å². The summed E-state index contributed by atoms with van der Waals surface area (Å²) in [6.07, 6.45) is -0.744. The van der Waals surface area contributed by atoms with Crippen molar-refractivity contribution < 1.29 is 14.3 Å². The van der Waals surface area contributed by atoms with Gasteiger partial charge in [0.25, 0.3) is 5.91 Å². The van der Waals surface area contributed by atoms with Gasteiger partial charge in [-0.25, -0.2) is 0 Å². The monoisotopic (exact) mass is 366 g/mol. The van der Waals surface area contributed by atoms with Gasteiger partial charge in [-0.2, -0.15) is 0 Å². The second-order valence-corrected chi connectivity index (χ2v) is 5.92. The number of rotatable bonds is 5. The Morgan fingerprint density at radius 3 is 2.33 bits per heavy atom. The van der Waals surface area contributed by atoms with E-state index in [-0.39, 0.29) is 11.8 Å². The molecule has 1 atom stereocenters. The molecular formula is C17H16Cl2N2O3. The lowest BCUT2D eigenvalue weighted by Gasteiger charge is -2.16. The van der Waals surface area contributed by atoms with Crippen LogP contribution in [0.5, 0.6) is 5.75 Å². The average molecular weight is 367 g/mol. The number of carbonyl (C=O) groups is 2. The zero-order valence-electron chi connectivity index (χ0n) is 13.1. The topological polar surface area (TPSA) is 67.4 Å². The van der Waals surface area contributed by atoms with Crippen LogP contribution < -0.4 is 15.4 Å². The van der Waals surface area contributed by atoms with Crippen LogP contribution in [0.1, 0.15) is 13.8 Å². The van der Waals surface area contributed by atoms with Crippen molar-refractivity contribution >= 4 is 46.4 Å². The summed E-state index contributed by atoms with van der Waals surface area (Å²) in [6.45, 7) is 3.05. The normalized spacial score (nSPS) is 11.5. The third-order valence-electron chi connectivity index (χ3n) is 3.04. The molecule has 7 heteroatoms. The molecule has 0 saturated heterocycles. The van der Waals surface area contributed by atoms with Gasteiger partial charge in [0.2, 0.25) is 5.91 Å². The second-order valence-electron chi connectivity index (χ2n) is 5.08. The van der Waals surface area contributed by atoms with Crippen LogP contribution in [0.15, 0.2) is 42.5 Å². The summed E-state index contributed by atoms with van der Waals surface area (Å²) in [7, 11) is 0. The highest BCUT2D eigenvalue weighted by atomic mass is 35.5. The van der Waals surface area contributed by atoms with E-state index in [0.29, 0.717) is 27.2 Å². The average Bonchev–Trinajstić information content (AvgIpc) is 2.52. The van der Waals surface area contributed by atoms with Crippen LogP contribution in [-0.2, 0) is 9.59 Å². The number of amides is 2. The summed E-state index contributed by atoms with van der Waals surface area (Å²) in [5, 5.41) is 6.18. The Balaban J connectivity index is 1.98. The van der Waals surface area contributed by atoms with Crippen LogP contribution in [0, 0.1) is 0 Å². The number of hydrogen-bond acceptors (Lipinski definition) is 3. The maximum Gasteiger partial charge on any atom is 0.265 e. The van der Waals surface area contributed by atoms with Crippen LogP contribution in [-0.4, -0.2) is 17.9 Å². The maximum absolute atomic E-state index is 12.2. The fourth-order valence-corrected chi connectivity index (χ4v) is 2.24. The minimum atomic E-state index is -0.744. The molecule has 2 rings (SSSR count). The molecule has 0 bridgehead atoms. The van der Waals surface area contributed by atoms with Crippen molar-refractivity contribution in [3.05, 3.63) is 52.5 Å². The molecule has 2 aromatic carbocycles. The van der Waals surface area contributed by atoms with E-state index in [1.54, 1.807) is 49.4 Å². The highest BCUT2D eigenvalue weighted by molar-refractivity contribution is 6.35. The zero-order valence-corrected chi connectivity index (χ0v) is 14.6. The lowest BCUT2D eigenvalue weighted by molar-refractivity contribution is -0.122. The smallest absolute Gasteiger partial charge is 0.265 e. The summed E-state index contributed by atoms with van der Waals surface area (Å²) in [6, 6.07) is 11.5. The number of ether oxygens (including phenoxy) is 1. The van der Waals surface area contributed by atoms with Crippen LogP contribution in [0.25, 0.3) is 0 Å². The second kappa shape index (κ2) is 8.04. The number of benzene rings is 2. The van der Waals surface area contributed by atoms with Gasteiger partial charge in [0.15, 0.2) is 6.10 Å². The molecule has 0 aliphatic rings. The molecule has 0 spiro atoms. The molecule has 0 heterocycles. The molecule has 0 radical (unpaired) electrons. The Labute approximate surface area is 149 Å². The molecule has 0 aliphatic carbocycles. The number of halogens is 2. The molecular weight excluding hydrogens is 351 g/mol. The van der Waals surface area contributed by atoms with Crippen LogP contribution in [0.2, 0.25) is 10.0 Å². The molecule has 2 aromatic rings. The third-order valence-corrected chi connectivity index (χ3v) is 3.61. The number of hydrogen-bond donors (Lipinski definition) is 2. The number of nitrogens with one attached hydrogen (secondary N) is 2. The van der Waals surface area contributed by atoms with Crippen LogP contribution >= 0.6 is 23.2 Å². The van der Waals surface area contributed by atoms with Crippen molar-refractivity contribution in [3.63, 3.8) is 0 Å². The minimum absolute atomic E-state index is 0.158. The molecule has 2 N–H and O–H groups in total. The van der Waals surface area contributed by atoms with Gasteiger partial charge in [-0.1, -0.05) is 23.2 Å². The Morgan fingerprint density at radius 1 is 1.04 bits per heavy atom. The molecule has 24 heavy (non-hydrogen) atoms. The van der Waals surface area contributed by atoms with Gasteiger partial charge in [-0.15, -0.1) is 0 Å². The first-order valence-electron chi connectivity index (χ1n) is 7.15.